The average Bonchev–Trinajstić information content (AvgIpc) is 2.22. The minimum absolute atomic E-state index is 0.219. The van der Waals surface area contributed by atoms with Crippen LogP contribution in [0.1, 0.15) is 11.5 Å². The van der Waals surface area contributed by atoms with Crippen molar-refractivity contribution in [2.45, 2.75) is 5.92 Å². The number of amides is 1. The van der Waals surface area contributed by atoms with Crippen LogP contribution >= 0.6 is 0 Å². The third-order valence-corrected chi connectivity index (χ3v) is 2.60. The van der Waals surface area contributed by atoms with Crippen molar-refractivity contribution >= 4 is 11.8 Å². The minimum atomic E-state index is -0.254. The van der Waals surface area contributed by atoms with Gasteiger partial charge in [0, 0.05) is 25.2 Å². The molecule has 1 aliphatic heterocycles. The van der Waals surface area contributed by atoms with Gasteiger partial charge in [-0.05, 0) is 17.7 Å². The van der Waals surface area contributed by atoms with E-state index in [4.69, 9.17) is 10.5 Å². The molecule has 1 heterocycles. The van der Waals surface area contributed by atoms with Gasteiger partial charge in [0.05, 0.1) is 0 Å². The molecule has 1 aromatic rings. The first-order chi connectivity index (χ1) is 7.16. The van der Waals surface area contributed by atoms with Crippen LogP contribution in [0, 0.1) is 0 Å². The van der Waals surface area contributed by atoms with Gasteiger partial charge in [-0.1, -0.05) is 12.1 Å². The third kappa shape index (κ3) is 2.03. The van der Waals surface area contributed by atoms with Gasteiger partial charge in [-0.15, -0.1) is 0 Å². The largest absolute Gasteiger partial charge is 0.449 e. The molecule has 1 saturated heterocycles. The van der Waals surface area contributed by atoms with Crippen molar-refractivity contribution in [2.75, 3.05) is 25.9 Å². The fourth-order valence-corrected chi connectivity index (χ4v) is 1.75. The van der Waals surface area contributed by atoms with Crippen LogP contribution < -0.4 is 5.73 Å². The molecule has 0 saturated carbocycles. The first-order valence-electron chi connectivity index (χ1n) is 4.90. The minimum Gasteiger partial charge on any atom is -0.449 e. The van der Waals surface area contributed by atoms with Gasteiger partial charge in [-0.2, -0.15) is 0 Å². The topological polar surface area (TPSA) is 55.6 Å². The Bertz CT molecular complexity index is 379. The van der Waals surface area contributed by atoms with E-state index in [1.807, 2.05) is 24.3 Å². The highest BCUT2D eigenvalue weighted by Crippen LogP contribution is 2.22. The lowest BCUT2D eigenvalue weighted by Gasteiger charge is -2.29. The van der Waals surface area contributed by atoms with Gasteiger partial charge in [-0.25, -0.2) is 4.79 Å². The fourth-order valence-electron chi connectivity index (χ4n) is 1.75. The summed E-state index contributed by atoms with van der Waals surface area (Å²) in [5, 5.41) is 0. The standard InChI is InChI=1S/C11H14N2O2/c1-13-6-9(7-15-11(13)14)8-3-2-4-10(12)5-8/h2-5,9H,6-7,12H2,1H3. The van der Waals surface area contributed by atoms with Crippen LogP contribution in [0.4, 0.5) is 10.5 Å². The Morgan fingerprint density at radius 3 is 3.00 bits per heavy atom. The summed E-state index contributed by atoms with van der Waals surface area (Å²) in [6.45, 7) is 1.12. The highest BCUT2D eigenvalue weighted by atomic mass is 16.6. The summed E-state index contributed by atoms with van der Waals surface area (Å²) >= 11 is 0. The van der Waals surface area contributed by atoms with Crippen molar-refractivity contribution in [3.8, 4) is 0 Å². The molecular weight excluding hydrogens is 192 g/mol. The quantitative estimate of drug-likeness (QED) is 0.707. The Morgan fingerprint density at radius 2 is 2.33 bits per heavy atom. The van der Waals surface area contributed by atoms with Gasteiger partial charge >= 0.3 is 6.09 Å². The maximum Gasteiger partial charge on any atom is 0.409 e. The Balaban J connectivity index is 2.15. The molecule has 0 radical (unpaired) electrons. The third-order valence-electron chi connectivity index (χ3n) is 2.60. The van der Waals surface area contributed by atoms with Crippen LogP contribution in [0.2, 0.25) is 0 Å². The molecule has 1 aromatic carbocycles. The molecular formula is C11H14N2O2. The molecule has 15 heavy (non-hydrogen) atoms. The highest BCUT2D eigenvalue weighted by molar-refractivity contribution is 5.68. The van der Waals surface area contributed by atoms with Gasteiger partial charge in [-0.3, -0.25) is 0 Å². The summed E-state index contributed by atoms with van der Waals surface area (Å²) in [6.07, 6.45) is -0.254. The number of hydrogen-bond donors (Lipinski definition) is 1. The van der Waals surface area contributed by atoms with Gasteiger partial charge in [0.25, 0.3) is 0 Å². The van der Waals surface area contributed by atoms with E-state index in [2.05, 4.69) is 0 Å². The number of nitrogens with zero attached hydrogens (tertiary/aromatic N) is 1. The lowest BCUT2D eigenvalue weighted by Crippen LogP contribution is -2.39. The van der Waals surface area contributed by atoms with Crippen molar-refractivity contribution in [3.05, 3.63) is 29.8 Å². The second-order valence-electron chi connectivity index (χ2n) is 3.82. The molecule has 0 aromatic heterocycles. The maximum absolute atomic E-state index is 11.1. The van der Waals surface area contributed by atoms with Crippen LogP contribution in [0.5, 0.6) is 0 Å². The molecule has 1 fully saturated rings. The number of hydrogen-bond acceptors (Lipinski definition) is 3. The van der Waals surface area contributed by atoms with E-state index in [9.17, 15) is 4.79 Å². The number of carbonyl (C=O) groups excluding carboxylic acids is 1. The van der Waals surface area contributed by atoms with Gasteiger partial charge in [0.2, 0.25) is 0 Å². The van der Waals surface area contributed by atoms with Gasteiger partial charge in [0.15, 0.2) is 0 Å². The summed E-state index contributed by atoms with van der Waals surface area (Å²) in [4.78, 5) is 12.7. The smallest absolute Gasteiger partial charge is 0.409 e. The number of carbonyl (C=O) groups is 1. The van der Waals surface area contributed by atoms with Crippen LogP contribution in [0.3, 0.4) is 0 Å². The Kier molecular flexibility index (Phi) is 2.49. The van der Waals surface area contributed by atoms with Crippen LogP contribution in [0.15, 0.2) is 24.3 Å². The Morgan fingerprint density at radius 1 is 1.53 bits per heavy atom. The van der Waals surface area contributed by atoms with Crippen LogP contribution in [-0.4, -0.2) is 31.2 Å². The maximum atomic E-state index is 11.1. The van der Waals surface area contributed by atoms with Crippen molar-refractivity contribution in [1.82, 2.24) is 4.90 Å². The molecule has 1 unspecified atom stereocenters. The van der Waals surface area contributed by atoms with E-state index in [1.165, 1.54) is 0 Å². The molecule has 4 heteroatoms. The number of nitrogen functional groups attached to an aromatic ring is 1. The SMILES string of the molecule is CN1CC(c2cccc(N)c2)COC1=O. The molecule has 0 bridgehead atoms. The molecule has 0 aliphatic carbocycles. The van der Waals surface area contributed by atoms with Crippen LogP contribution in [-0.2, 0) is 4.74 Å². The molecule has 0 spiro atoms. The molecule has 1 aliphatic rings. The molecule has 1 amide bonds. The summed E-state index contributed by atoms with van der Waals surface area (Å²) in [5.41, 5.74) is 7.57. The van der Waals surface area contributed by atoms with E-state index < -0.39 is 0 Å². The van der Waals surface area contributed by atoms with Gasteiger partial charge in [0.1, 0.15) is 6.61 Å². The summed E-state index contributed by atoms with van der Waals surface area (Å²) < 4.78 is 5.04. The first kappa shape index (κ1) is 9.83. The summed E-state index contributed by atoms with van der Waals surface area (Å²) in [7, 11) is 1.74. The monoisotopic (exact) mass is 206 g/mol. The van der Waals surface area contributed by atoms with E-state index in [-0.39, 0.29) is 12.0 Å². The number of likely N-dealkylation sites (N-methyl/N-ethyl adjacent to an activating group) is 1. The molecule has 2 rings (SSSR count). The predicted molar refractivity (Wildman–Crippen MR) is 57.6 cm³/mol. The number of cyclic esters (lactones) is 1. The molecule has 80 valence electrons. The number of nitrogens with two attached hydrogens (primary N) is 1. The second kappa shape index (κ2) is 3.81. The Hall–Kier alpha value is -1.71. The summed E-state index contributed by atoms with van der Waals surface area (Å²) in [5.74, 6) is 0.219. The van der Waals surface area contributed by atoms with Crippen molar-refractivity contribution < 1.29 is 9.53 Å². The highest BCUT2D eigenvalue weighted by Gasteiger charge is 2.25. The number of benzene rings is 1. The lowest BCUT2D eigenvalue weighted by molar-refractivity contribution is 0.0719. The predicted octanol–water partition coefficient (Wildman–Crippen LogP) is 1.43. The number of rotatable bonds is 1. The zero-order valence-corrected chi connectivity index (χ0v) is 8.64. The zero-order valence-electron chi connectivity index (χ0n) is 8.64. The normalized spacial score (nSPS) is 21.3. The lowest BCUT2D eigenvalue weighted by atomic mass is 9.98. The number of anilines is 1. The number of ether oxygens (including phenoxy) is 1. The first-order valence-corrected chi connectivity index (χ1v) is 4.90. The fraction of sp³-hybridized carbons (Fsp3) is 0.364. The van der Waals surface area contributed by atoms with E-state index >= 15 is 0 Å². The second-order valence-corrected chi connectivity index (χ2v) is 3.82. The van der Waals surface area contributed by atoms with Crippen molar-refractivity contribution in [1.29, 1.82) is 0 Å². The van der Waals surface area contributed by atoms with Crippen molar-refractivity contribution in [2.24, 2.45) is 0 Å². The van der Waals surface area contributed by atoms with Crippen molar-refractivity contribution in [3.63, 3.8) is 0 Å². The zero-order chi connectivity index (χ0) is 10.8. The van der Waals surface area contributed by atoms with Crippen LogP contribution in [0.25, 0.3) is 0 Å². The average molecular weight is 206 g/mol. The molecule has 4 nitrogen and oxygen atoms in total. The van der Waals surface area contributed by atoms with Gasteiger partial charge < -0.3 is 15.4 Å². The molecule has 1 atom stereocenters. The summed E-state index contributed by atoms with van der Waals surface area (Å²) in [6, 6.07) is 7.70. The van der Waals surface area contributed by atoms with E-state index in [1.54, 1.807) is 11.9 Å². The molecule has 2 N–H and O–H groups in total. The van der Waals surface area contributed by atoms with E-state index in [0.717, 1.165) is 11.3 Å². The Labute approximate surface area is 88.6 Å². The van der Waals surface area contributed by atoms with E-state index in [0.29, 0.717) is 13.2 Å².